The molecular formula is C22H25N3O2. The molecule has 0 unspecified atom stereocenters. The monoisotopic (exact) mass is 363 g/mol. The van der Waals surface area contributed by atoms with Gasteiger partial charge < -0.3 is 19.9 Å². The van der Waals surface area contributed by atoms with Crippen LogP contribution < -0.4 is 10.1 Å². The van der Waals surface area contributed by atoms with Crippen molar-refractivity contribution >= 4 is 22.5 Å². The number of rotatable bonds is 5. The van der Waals surface area contributed by atoms with Crippen molar-refractivity contribution in [3.05, 3.63) is 60.3 Å². The summed E-state index contributed by atoms with van der Waals surface area (Å²) in [6.07, 6.45) is 4.50. The Morgan fingerprint density at radius 2 is 2.04 bits per heavy atom. The van der Waals surface area contributed by atoms with Gasteiger partial charge in [0.2, 0.25) is 5.91 Å². The summed E-state index contributed by atoms with van der Waals surface area (Å²) in [5.41, 5.74) is 3.21. The van der Waals surface area contributed by atoms with E-state index in [1.165, 1.54) is 0 Å². The number of H-pyrrole nitrogens is 1. The van der Waals surface area contributed by atoms with E-state index in [2.05, 4.69) is 16.4 Å². The number of aromatic nitrogens is 1. The number of amides is 1. The molecule has 5 heteroatoms. The van der Waals surface area contributed by atoms with E-state index in [0.717, 1.165) is 53.8 Å². The summed E-state index contributed by atoms with van der Waals surface area (Å²) >= 11 is 0. The number of fused-ring (bicyclic) bond motifs is 1. The molecule has 0 spiro atoms. The number of ether oxygens (including phenoxy) is 1. The average Bonchev–Trinajstić information content (AvgIpc) is 3.12. The van der Waals surface area contributed by atoms with Gasteiger partial charge in [-0.2, -0.15) is 0 Å². The van der Waals surface area contributed by atoms with Gasteiger partial charge in [-0.05, 0) is 48.7 Å². The zero-order valence-corrected chi connectivity index (χ0v) is 15.6. The number of hydrogen-bond donors (Lipinski definition) is 2. The van der Waals surface area contributed by atoms with E-state index in [1.54, 1.807) is 7.11 Å². The molecule has 0 saturated carbocycles. The van der Waals surface area contributed by atoms with Gasteiger partial charge in [0.05, 0.1) is 13.5 Å². The second kappa shape index (κ2) is 7.74. The first-order valence-electron chi connectivity index (χ1n) is 9.46. The van der Waals surface area contributed by atoms with Crippen molar-refractivity contribution in [1.29, 1.82) is 0 Å². The first kappa shape index (κ1) is 17.5. The molecule has 1 aliphatic heterocycles. The average molecular weight is 363 g/mol. The third-order valence-electron chi connectivity index (χ3n) is 5.25. The lowest BCUT2D eigenvalue weighted by Crippen LogP contribution is -2.45. The van der Waals surface area contributed by atoms with Crippen LogP contribution in [0, 0.1) is 0 Å². The molecule has 4 rings (SSSR count). The Hall–Kier alpha value is -2.95. The second-order valence-electron chi connectivity index (χ2n) is 7.09. The van der Waals surface area contributed by atoms with Gasteiger partial charge in [0.25, 0.3) is 0 Å². The summed E-state index contributed by atoms with van der Waals surface area (Å²) in [4.78, 5) is 18.1. The molecule has 5 nitrogen and oxygen atoms in total. The maximum Gasteiger partial charge on any atom is 0.227 e. The number of para-hydroxylation sites is 1. The lowest BCUT2D eigenvalue weighted by Gasteiger charge is -2.34. The van der Waals surface area contributed by atoms with Gasteiger partial charge in [-0.1, -0.05) is 18.2 Å². The summed E-state index contributed by atoms with van der Waals surface area (Å²) < 4.78 is 5.20. The van der Waals surface area contributed by atoms with E-state index in [4.69, 9.17) is 4.74 Å². The molecule has 3 aromatic rings. The number of anilines is 1. The van der Waals surface area contributed by atoms with Crippen LogP contribution in [0.2, 0.25) is 0 Å². The van der Waals surface area contributed by atoms with Gasteiger partial charge in [0.15, 0.2) is 0 Å². The zero-order valence-electron chi connectivity index (χ0n) is 15.6. The Labute approximate surface area is 159 Å². The highest BCUT2D eigenvalue weighted by molar-refractivity contribution is 5.89. The Balaban J connectivity index is 1.39. The van der Waals surface area contributed by atoms with Gasteiger partial charge in [0.1, 0.15) is 5.75 Å². The van der Waals surface area contributed by atoms with E-state index < -0.39 is 0 Å². The molecule has 1 saturated heterocycles. The SMILES string of the molecule is COc1ccc(N[C@@H]2CCCN(C(=O)Cc3c[nH]c4ccccc34)C2)cc1. The maximum atomic E-state index is 12.9. The van der Waals surface area contributed by atoms with Crippen molar-refractivity contribution in [1.82, 2.24) is 9.88 Å². The van der Waals surface area contributed by atoms with Crippen molar-refractivity contribution in [2.24, 2.45) is 0 Å². The third kappa shape index (κ3) is 3.92. The molecule has 0 radical (unpaired) electrons. The molecule has 1 atom stereocenters. The van der Waals surface area contributed by atoms with Gasteiger partial charge in [-0.3, -0.25) is 4.79 Å². The molecule has 2 N–H and O–H groups in total. The number of piperidine rings is 1. The van der Waals surface area contributed by atoms with E-state index in [9.17, 15) is 4.79 Å². The number of benzene rings is 2. The molecule has 1 fully saturated rings. The fourth-order valence-corrected chi connectivity index (χ4v) is 3.80. The fourth-order valence-electron chi connectivity index (χ4n) is 3.80. The smallest absolute Gasteiger partial charge is 0.227 e. The molecule has 0 aliphatic carbocycles. The van der Waals surface area contributed by atoms with Crippen LogP contribution >= 0.6 is 0 Å². The number of methoxy groups -OCH3 is 1. The molecule has 1 aliphatic rings. The number of nitrogens with one attached hydrogen (secondary N) is 2. The quantitative estimate of drug-likeness (QED) is 0.724. The van der Waals surface area contributed by atoms with Gasteiger partial charge in [-0.25, -0.2) is 0 Å². The van der Waals surface area contributed by atoms with Gasteiger partial charge in [0, 0.05) is 41.9 Å². The zero-order chi connectivity index (χ0) is 18.6. The molecule has 2 aromatic carbocycles. The Bertz CT molecular complexity index is 917. The third-order valence-corrected chi connectivity index (χ3v) is 5.25. The van der Waals surface area contributed by atoms with E-state index >= 15 is 0 Å². The Morgan fingerprint density at radius 3 is 2.85 bits per heavy atom. The van der Waals surface area contributed by atoms with Crippen LogP contribution in [0.25, 0.3) is 10.9 Å². The summed E-state index contributed by atoms with van der Waals surface area (Å²) in [5, 5.41) is 4.68. The van der Waals surface area contributed by atoms with Gasteiger partial charge >= 0.3 is 0 Å². The molecule has 140 valence electrons. The Morgan fingerprint density at radius 1 is 1.22 bits per heavy atom. The number of hydrogen-bond acceptors (Lipinski definition) is 3. The number of carbonyl (C=O) groups is 1. The van der Waals surface area contributed by atoms with Crippen LogP contribution in [0.4, 0.5) is 5.69 Å². The molecule has 2 heterocycles. The van der Waals surface area contributed by atoms with Crippen LogP contribution in [-0.4, -0.2) is 42.0 Å². The predicted molar refractivity (Wildman–Crippen MR) is 108 cm³/mol. The minimum Gasteiger partial charge on any atom is -0.497 e. The van der Waals surface area contributed by atoms with Gasteiger partial charge in [-0.15, -0.1) is 0 Å². The van der Waals surface area contributed by atoms with E-state index in [1.807, 2.05) is 53.6 Å². The number of likely N-dealkylation sites (tertiary alicyclic amines) is 1. The highest BCUT2D eigenvalue weighted by Gasteiger charge is 2.24. The van der Waals surface area contributed by atoms with Crippen LogP contribution in [0.5, 0.6) is 5.75 Å². The summed E-state index contributed by atoms with van der Waals surface area (Å²) in [7, 11) is 1.67. The molecular weight excluding hydrogens is 338 g/mol. The topological polar surface area (TPSA) is 57.4 Å². The van der Waals surface area contributed by atoms with Crippen LogP contribution in [-0.2, 0) is 11.2 Å². The van der Waals surface area contributed by atoms with Crippen molar-refractivity contribution in [3.63, 3.8) is 0 Å². The maximum absolute atomic E-state index is 12.9. The molecule has 0 bridgehead atoms. The van der Waals surface area contributed by atoms with Crippen LogP contribution in [0.1, 0.15) is 18.4 Å². The first-order valence-corrected chi connectivity index (χ1v) is 9.46. The summed E-state index contributed by atoms with van der Waals surface area (Å²) in [6, 6.07) is 16.3. The van der Waals surface area contributed by atoms with Crippen molar-refractivity contribution < 1.29 is 9.53 Å². The molecule has 1 aromatic heterocycles. The first-order chi connectivity index (χ1) is 13.2. The predicted octanol–water partition coefficient (Wildman–Crippen LogP) is 3.82. The summed E-state index contributed by atoms with van der Waals surface area (Å²) in [5.74, 6) is 1.04. The minimum atomic E-state index is 0.195. The second-order valence-corrected chi connectivity index (χ2v) is 7.09. The normalized spacial score (nSPS) is 17.1. The lowest BCUT2D eigenvalue weighted by molar-refractivity contribution is -0.131. The van der Waals surface area contributed by atoms with E-state index in [-0.39, 0.29) is 11.9 Å². The Kier molecular flexibility index (Phi) is 5.01. The summed E-state index contributed by atoms with van der Waals surface area (Å²) in [6.45, 7) is 1.58. The van der Waals surface area contributed by atoms with Crippen LogP contribution in [0.3, 0.4) is 0 Å². The van der Waals surface area contributed by atoms with E-state index in [0.29, 0.717) is 6.42 Å². The van der Waals surface area contributed by atoms with Crippen LogP contribution in [0.15, 0.2) is 54.7 Å². The number of carbonyl (C=O) groups excluding carboxylic acids is 1. The number of nitrogens with zero attached hydrogens (tertiary/aromatic N) is 1. The highest BCUT2D eigenvalue weighted by Crippen LogP contribution is 2.22. The van der Waals surface area contributed by atoms with Crippen molar-refractivity contribution in [2.45, 2.75) is 25.3 Å². The fraction of sp³-hybridized carbons (Fsp3) is 0.318. The van der Waals surface area contributed by atoms with Crippen molar-refractivity contribution in [2.75, 3.05) is 25.5 Å². The standard InChI is InChI=1S/C22H25N3O2/c1-27-19-10-8-17(9-11-19)24-18-5-4-12-25(15-18)22(26)13-16-14-23-21-7-3-2-6-20(16)21/h2-3,6-11,14,18,23-24H,4-5,12-13,15H2,1H3/t18-/m1/s1. The van der Waals surface area contributed by atoms with Crippen molar-refractivity contribution in [3.8, 4) is 5.75 Å². The molecule has 1 amide bonds. The highest BCUT2D eigenvalue weighted by atomic mass is 16.5. The number of aromatic amines is 1. The molecule has 27 heavy (non-hydrogen) atoms. The minimum absolute atomic E-state index is 0.195. The largest absolute Gasteiger partial charge is 0.497 e. The lowest BCUT2D eigenvalue weighted by atomic mass is 10.0.